The van der Waals surface area contributed by atoms with Crippen molar-refractivity contribution in [2.45, 2.75) is 8.56 Å². The van der Waals surface area contributed by atoms with E-state index in [0.29, 0.717) is 0 Å². The topological polar surface area (TPSA) is 28.2 Å². The van der Waals surface area contributed by atoms with Gasteiger partial charge in [0, 0.05) is 17.6 Å². The first kappa shape index (κ1) is 20.2. The maximum absolute atomic E-state index is 4.67. The maximum Gasteiger partial charge on any atom is 0.176 e. The summed E-state index contributed by atoms with van der Waals surface area (Å²) in [4.78, 5) is 6.87. The number of nitrogens with one attached hydrogen (secondary N) is 1. The Bertz CT molecular complexity index is 614. The molecule has 1 heterocycles. The van der Waals surface area contributed by atoms with Gasteiger partial charge < -0.3 is 10.2 Å². The zero-order valence-electron chi connectivity index (χ0n) is 12.4. The van der Waals surface area contributed by atoms with Crippen LogP contribution in [0.15, 0.2) is 30.3 Å². The fraction of sp³-hybridized carbons (Fsp3) is 0.400. The number of para-hydroxylation sites is 1. The average molecular weight is 517 g/mol. The van der Waals surface area contributed by atoms with Crippen LogP contribution in [-0.2, 0) is 2.14 Å². The summed E-state index contributed by atoms with van der Waals surface area (Å²) in [6, 6.07) is 10.2. The number of aromatic nitrogens is 1. The van der Waals surface area contributed by atoms with Gasteiger partial charge in [-0.2, -0.15) is 0 Å². The van der Waals surface area contributed by atoms with Gasteiger partial charge in [-0.1, -0.05) is 66.0 Å². The highest BCUT2D eigenvalue weighted by molar-refractivity contribution is 9.38. The number of alkyl halides is 3. The molecule has 1 N–H and O–H groups in total. The molecule has 2 aromatic rings. The Morgan fingerprint density at radius 2 is 1.86 bits per heavy atom. The Balaban J connectivity index is 0.00000242. The lowest BCUT2D eigenvalue weighted by Gasteiger charge is -2.17. The zero-order valence-corrected chi connectivity index (χ0v) is 18.0. The molecule has 0 unspecified atom stereocenters. The van der Waals surface area contributed by atoms with Gasteiger partial charge in [-0.15, -0.1) is 12.4 Å². The normalized spacial score (nSPS) is 11.5. The van der Waals surface area contributed by atoms with E-state index in [1.807, 2.05) is 18.2 Å². The number of fused-ring (bicyclic) bond motifs is 1. The van der Waals surface area contributed by atoms with E-state index in [-0.39, 0.29) is 12.4 Å². The molecular formula is C15H19Br3ClN3. The number of halogens is 4. The molecule has 122 valence electrons. The predicted octanol–water partition coefficient (Wildman–Crippen LogP) is 5.32. The minimum atomic E-state index is -0.503. The highest BCUT2D eigenvalue weighted by Crippen LogP contribution is 2.44. The van der Waals surface area contributed by atoms with Crippen molar-refractivity contribution in [2.24, 2.45) is 0 Å². The zero-order chi connectivity index (χ0) is 15.5. The summed E-state index contributed by atoms with van der Waals surface area (Å²) in [5, 5.41) is 4.67. The van der Waals surface area contributed by atoms with E-state index < -0.39 is 2.14 Å². The maximum atomic E-state index is 4.67. The molecule has 0 amide bonds. The van der Waals surface area contributed by atoms with E-state index in [0.717, 1.165) is 41.8 Å². The second kappa shape index (κ2) is 8.83. The predicted molar refractivity (Wildman–Crippen MR) is 109 cm³/mol. The van der Waals surface area contributed by atoms with Gasteiger partial charge in [0.15, 0.2) is 2.14 Å². The highest BCUT2D eigenvalue weighted by Gasteiger charge is 2.24. The van der Waals surface area contributed by atoms with Crippen LogP contribution < -0.4 is 5.32 Å². The van der Waals surface area contributed by atoms with Crippen molar-refractivity contribution in [2.75, 3.05) is 32.5 Å². The Labute approximate surface area is 163 Å². The quantitative estimate of drug-likeness (QED) is 0.431. The smallest absolute Gasteiger partial charge is 0.176 e. The molecule has 0 aliphatic rings. The lowest BCUT2D eigenvalue weighted by atomic mass is 10.1. The van der Waals surface area contributed by atoms with Crippen molar-refractivity contribution in [3.05, 3.63) is 36.0 Å². The number of benzene rings is 1. The van der Waals surface area contributed by atoms with Crippen molar-refractivity contribution in [1.82, 2.24) is 9.88 Å². The van der Waals surface area contributed by atoms with Crippen LogP contribution in [0, 0.1) is 0 Å². The molecule has 0 saturated heterocycles. The van der Waals surface area contributed by atoms with Crippen LogP contribution >= 0.6 is 60.2 Å². The van der Waals surface area contributed by atoms with Gasteiger partial charge in [0.25, 0.3) is 0 Å². The molecule has 3 nitrogen and oxygen atoms in total. The molecule has 0 radical (unpaired) electrons. The molecule has 0 aliphatic heterocycles. The van der Waals surface area contributed by atoms with Crippen molar-refractivity contribution < 1.29 is 0 Å². The number of pyridine rings is 1. The van der Waals surface area contributed by atoms with Crippen molar-refractivity contribution >= 4 is 76.8 Å². The van der Waals surface area contributed by atoms with Crippen LogP contribution in [0.2, 0.25) is 0 Å². The molecule has 0 aliphatic carbocycles. The Morgan fingerprint density at radius 3 is 2.50 bits per heavy atom. The van der Waals surface area contributed by atoms with Crippen molar-refractivity contribution in [3.8, 4) is 0 Å². The van der Waals surface area contributed by atoms with Crippen LogP contribution in [0.4, 0.5) is 5.69 Å². The van der Waals surface area contributed by atoms with E-state index in [4.69, 9.17) is 0 Å². The van der Waals surface area contributed by atoms with Crippen LogP contribution in [-0.4, -0.2) is 37.1 Å². The largest absolute Gasteiger partial charge is 0.384 e. The second-order valence-corrected chi connectivity index (χ2v) is 11.9. The third kappa shape index (κ3) is 5.64. The lowest BCUT2D eigenvalue weighted by Crippen LogP contribution is -2.16. The Hall–Kier alpha value is 0.120. The first-order chi connectivity index (χ1) is 9.88. The number of anilines is 1. The van der Waals surface area contributed by atoms with Gasteiger partial charge in [0.05, 0.1) is 11.2 Å². The average Bonchev–Trinajstić information content (AvgIpc) is 2.42. The molecule has 0 spiro atoms. The molecule has 22 heavy (non-hydrogen) atoms. The minimum Gasteiger partial charge on any atom is -0.384 e. The fourth-order valence-electron chi connectivity index (χ4n) is 2.09. The first-order valence-corrected chi connectivity index (χ1v) is 9.11. The number of nitrogens with zero attached hydrogens (tertiary/aromatic N) is 2. The van der Waals surface area contributed by atoms with E-state index in [9.17, 15) is 0 Å². The summed E-state index contributed by atoms with van der Waals surface area (Å²) in [6.07, 6.45) is 1.10. The second-order valence-electron chi connectivity index (χ2n) is 5.15. The fourth-order valence-corrected chi connectivity index (χ4v) is 2.69. The number of rotatable bonds is 5. The highest BCUT2D eigenvalue weighted by atomic mass is 80.0. The molecule has 0 atom stereocenters. The van der Waals surface area contributed by atoms with Crippen LogP contribution in [0.25, 0.3) is 10.9 Å². The molecule has 0 bridgehead atoms. The summed E-state index contributed by atoms with van der Waals surface area (Å²) < 4.78 is -0.503. The minimum absolute atomic E-state index is 0. The Kier molecular flexibility index (Phi) is 8.09. The third-order valence-electron chi connectivity index (χ3n) is 3.10. The molecule has 1 aromatic heterocycles. The molecule has 0 saturated carbocycles. The van der Waals surface area contributed by atoms with Gasteiger partial charge in [-0.25, -0.2) is 4.98 Å². The summed E-state index contributed by atoms with van der Waals surface area (Å²) in [7, 11) is 4.18. The van der Waals surface area contributed by atoms with Crippen molar-refractivity contribution in [3.63, 3.8) is 0 Å². The van der Waals surface area contributed by atoms with E-state index in [2.05, 4.69) is 89.2 Å². The first-order valence-electron chi connectivity index (χ1n) is 6.73. The van der Waals surface area contributed by atoms with Crippen LogP contribution in [0.5, 0.6) is 0 Å². The van der Waals surface area contributed by atoms with Gasteiger partial charge in [0.2, 0.25) is 0 Å². The van der Waals surface area contributed by atoms with Gasteiger partial charge in [0.1, 0.15) is 0 Å². The summed E-state index contributed by atoms with van der Waals surface area (Å²) >= 11 is 10.6. The SMILES string of the molecule is CN(C)CCCNc1cc(C(Br)(Br)Br)nc2ccccc12.Cl. The Morgan fingerprint density at radius 1 is 1.18 bits per heavy atom. The summed E-state index contributed by atoms with van der Waals surface area (Å²) in [6.45, 7) is 2.01. The van der Waals surface area contributed by atoms with E-state index in [1.165, 1.54) is 0 Å². The van der Waals surface area contributed by atoms with Gasteiger partial charge in [-0.3, -0.25) is 0 Å². The van der Waals surface area contributed by atoms with E-state index in [1.54, 1.807) is 0 Å². The van der Waals surface area contributed by atoms with Crippen molar-refractivity contribution in [1.29, 1.82) is 0 Å². The van der Waals surface area contributed by atoms with Crippen LogP contribution in [0.1, 0.15) is 12.1 Å². The van der Waals surface area contributed by atoms with Gasteiger partial charge >= 0.3 is 0 Å². The molecule has 1 aromatic carbocycles. The summed E-state index contributed by atoms with van der Waals surface area (Å²) in [5.74, 6) is 0. The molecule has 0 fully saturated rings. The molecule has 2 rings (SSSR count). The standard InChI is InChI=1S/C15H18Br3N3.ClH/c1-21(2)9-5-8-19-13-10-14(15(16,17)18)20-12-7-4-3-6-11(12)13;/h3-4,6-7,10H,5,8-9H2,1-2H3,(H,19,20);1H. The molecular weight excluding hydrogens is 497 g/mol. The summed E-state index contributed by atoms with van der Waals surface area (Å²) in [5.41, 5.74) is 2.97. The van der Waals surface area contributed by atoms with Crippen LogP contribution in [0.3, 0.4) is 0 Å². The third-order valence-corrected chi connectivity index (χ3v) is 4.32. The molecule has 7 heteroatoms. The van der Waals surface area contributed by atoms with Gasteiger partial charge in [-0.05, 0) is 39.2 Å². The number of hydrogen-bond donors (Lipinski definition) is 1. The monoisotopic (exact) mass is 513 g/mol. The van der Waals surface area contributed by atoms with E-state index >= 15 is 0 Å². The number of hydrogen-bond acceptors (Lipinski definition) is 3. The lowest BCUT2D eigenvalue weighted by molar-refractivity contribution is 0.405.